The number of esters is 1. The maximum Gasteiger partial charge on any atom is 0.376 e. The van der Waals surface area contributed by atoms with Crippen molar-refractivity contribution in [3.8, 4) is 0 Å². The lowest BCUT2D eigenvalue weighted by Crippen LogP contribution is -2.24. The summed E-state index contributed by atoms with van der Waals surface area (Å²) in [6.07, 6.45) is 0. The van der Waals surface area contributed by atoms with Crippen LogP contribution in [-0.2, 0) is 16.1 Å². The molecule has 0 saturated heterocycles. The van der Waals surface area contributed by atoms with Crippen molar-refractivity contribution in [2.45, 2.75) is 6.54 Å². The average Bonchev–Trinajstić information content (AvgIpc) is 2.83. The van der Waals surface area contributed by atoms with E-state index in [1.165, 1.54) is 12.1 Å². The van der Waals surface area contributed by atoms with Gasteiger partial charge in [0.2, 0.25) is 11.7 Å². The SMILES string of the molecule is COC(=O)c1cc(=O)n(CC(=O)Nc2ccc(Cl)c(Cl)c2)o1. The van der Waals surface area contributed by atoms with E-state index < -0.39 is 24.0 Å². The Morgan fingerprint density at radius 1 is 1.27 bits per heavy atom. The van der Waals surface area contributed by atoms with Crippen molar-refractivity contribution in [1.29, 1.82) is 0 Å². The Hall–Kier alpha value is -2.25. The molecule has 1 aromatic heterocycles. The number of halogens is 2. The Kier molecular flexibility index (Phi) is 4.89. The third kappa shape index (κ3) is 3.69. The van der Waals surface area contributed by atoms with Gasteiger partial charge in [-0.25, -0.2) is 4.79 Å². The van der Waals surface area contributed by atoms with Crippen molar-refractivity contribution in [1.82, 2.24) is 4.74 Å². The molecule has 2 aromatic rings. The molecule has 0 aliphatic carbocycles. The molecule has 0 radical (unpaired) electrons. The van der Waals surface area contributed by atoms with Crippen LogP contribution in [0.3, 0.4) is 0 Å². The molecule has 22 heavy (non-hydrogen) atoms. The second-order valence-electron chi connectivity index (χ2n) is 4.14. The van der Waals surface area contributed by atoms with Gasteiger partial charge < -0.3 is 14.6 Å². The van der Waals surface area contributed by atoms with Crippen molar-refractivity contribution in [3.05, 3.63) is 50.4 Å². The zero-order valence-electron chi connectivity index (χ0n) is 11.3. The van der Waals surface area contributed by atoms with Crippen LogP contribution in [0.25, 0.3) is 0 Å². The summed E-state index contributed by atoms with van der Waals surface area (Å²) < 4.78 is 10.1. The van der Waals surface area contributed by atoms with Gasteiger partial charge in [-0.05, 0) is 18.2 Å². The van der Waals surface area contributed by atoms with Gasteiger partial charge in [-0.3, -0.25) is 9.59 Å². The van der Waals surface area contributed by atoms with Crippen LogP contribution in [0.1, 0.15) is 10.6 Å². The highest BCUT2D eigenvalue weighted by Gasteiger charge is 2.16. The first-order valence-corrected chi connectivity index (χ1v) is 6.70. The minimum atomic E-state index is -0.805. The first kappa shape index (κ1) is 16.1. The fourth-order valence-electron chi connectivity index (χ4n) is 1.59. The largest absolute Gasteiger partial charge is 0.463 e. The zero-order chi connectivity index (χ0) is 16.3. The van der Waals surface area contributed by atoms with E-state index in [1.807, 2.05) is 0 Å². The van der Waals surface area contributed by atoms with E-state index in [-0.39, 0.29) is 10.8 Å². The van der Waals surface area contributed by atoms with Crippen molar-refractivity contribution in [2.24, 2.45) is 0 Å². The predicted molar refractivity (Wildman–Crippen MR) is 79.4 cm³/mol. The molecule has 0 saturated carbocycles. The summed E-state index contributed by atoms with van der Waals surface area (Å²) in [5.74, 6) is -1.62. The van der Waals surface area contributed by atoms with Crippen molar-refractivity contribution in [3.63, 3.8) is 0 Å². The molecule has 7 nitrogen and oxygen atoms in total. The number of carbonyl (C=O) groups is 2. The fraction of sp³-hybridized carbons (Fsp3) is 0.154. The predicted octanol–water partition coefficient (Wildman–Crippen LogP) is 2.17. The summed E-state index contributed by atoms with van der Waals surface area (Å²) >= 11 is 11.6. The highest BCUT2D eigenvalue weighted by Crippen LogP contribution is 2.24. The Balaban J connectivity index is 2.09. The van der Waals surface area contributed by atoms with Crippen LogP contribution in [0, 0.1) is 0 Å². The molecule has 0 atom stereocenters. The quantitative estimate of drug-likeness (QED) is 0.858. The van der Waals surface area contributed by atoms with Gasteiger partial charge in [0.1, 0.15) is 6.54 Å². The highest BCUT2D eigenvalue weighted by atomic mass is 35.5. The summed E-state index contributed by atoms with van der Waals surface area (Å²) in [5, 5.41) is 3.15. The number of amides is 1. The number of rotatable bonds is 4. The summed E-state index contributed by atoms with van der Waals surface area (Å²) in [5.41, 5.74) is -0.225. The normalized spacial score (nSPS) is 10.3. The second kappa shape index (κ2) is 6.67. The van der Waals surface area contributed by atoms with E-state index in [1.54, 1.807) is 6.07 Å². The summed E-state index contributed by atoms with van der Waals surface area (Å²) in [6, 6.07) is 5.48. The van der Waals surface area contributed by atoms with Crippen molar-refractivity contribution in [2.75, 3.05) is 12.4 Å². The van der Waals surface area contributed by atoms with Gasteiger partial charge in [0.15, 0.2) is 0 Å². The number of methoxy groups -OCH3 is 1. The molecule has 1 amide bonds. The van der Waals surface area contributed by atoms with E-state index in [4.69, 9.17) is 27.7 Å². The molecule has 1 aromatic carbocycles. The molecule has 2 rings (SSSR count). The zero-order valence-corrected chi connectivity index (χ0v) is 12.8. The molecule has 0 unspecified atom stereocenters. The number of anilines is 1. The Morgan fingerprint density at radius 3 is 2.64 bits per heavy atom. The molecule has 0 spiro atoms. The maximum atomic E-state index is 11.9. The molecule has 0 aliphatic rings. The van der Waals surface area contributed by atoms with Crippen LogP contribution in [0.15, 0.2) is 33.6 Å². The van der Waals surface area contributed by atoms with Gasteiger partial charge in [0.05, 0.1) is 23.2 Å². The number of hydrogen-bond acceptors (Lipinski definition) is 5. The molecule has 1 N–H and O–H groups in total. The van der Waals surface area contributed by atoms with Crippen molar-refractivity contribution >= 4 is 40.8 Å². The lowest BCUT2D eigenvalue weighted by Gasteiger charge is -2.06. The molecule has 0 fully saturated rings. The molecule has 0 aliphatic heterocycles. The summed E-state index contributed by atoms with van der Waals surface area (Å²) in [7, 11) is 1.15. The minimum absolute atomic E-state index is 0.280. The highest BCUT2D eigenvalue weighted by molar-refractivity contribution is 6.42. The van der Waals surface area contributed by atoms with E-state index in [0.29, 0.717) is 10.7 Å². The lowest BCUT2D eigenvalue weighted by molar-refractivity contribution is -0.117. The topological polar surface area (TPSA) is 90.5 Å². The number of aromatic nitrogens is 1. The fourth-order valence-corrected chi connectivity index (χ4v) is 1.88. The number of benzene rings is 1. The molecular weight excluding hydrogens is 335 g/mol. The molecule has 1 heterocycles. The molecule has 0 bridgehead atoms. The monoisotopic (exact) mass is 344 g/mol. The first-order chi connectivity index (χ1) is 10.4. The Bertz CT molecular complexity index is 781. The van der Waals surface area contributed by atoms with Gasteiger partial charge in [0.25, 0.3) is 5.56 Å². The number of nitrogens with zero attached hydrogens (tertiary/aromatic N) is 1. The Morgan fingerprint density at radius 2 is 2.00 bits per heavy atom. The van der Waals surface area contributed by atoms with Crippen LogP contribution in [-0.4, -0.2) is 23.7 Å². The number of hydrogen-bond donors (Lipinski definition) is 1. The van der Waals surface area contributed by atoms with Gasteiger partial charge in [-0.2, -0.15) is 4.74 Å². The van der Waals surface area contributed by atoms with E-state index in [9.17, 15) is 14.4 Å². The van der Waals surface area contributed by atoms with Crippen LogP contribution >= 0.6 is 23.2 Å². The van der Waals surface area contributed by atoms with E-state index >= 15 is 0 Å². The van der Waals surface area contributed by atoms with Crippen LogP contribution in [0.5, 0.6) is 0 Å². The smallest absolute Gasteiger partial charge is 0.376 e. The average molecular weight is 345 g/mol. The number of nitrogens with one attached hydrogen (secondary N) is 1. The minimum Gasteiger partial charge on any atom is -0.463 e. The summed E-state index contributed by atoms with van der Waals surface area (Å²) in [4.78, 5) is 34.7. The van der Waals surface area contributed by atoms with Gasteiger partial charge in [0, 0.05) is 5.69 Å². The van der Waals surface area contributed by atoms with E-state index in [0.717, 1.165) is 17.9 Å². The summed E-state index contributed by atoms with van der Waals surface area (Å²) in [6.45, 7) is -0.407. The lowest BCUT2D eigenvalue weighted by atomic mass is 10.3. The third-order valence-electron chi connectivity index (χ3n) is 2.59. The van der Waals surface area contributed by atoms with Gasteiger partial charge >= 0.3 is 5.97 Å². The second-order valence-corrected chi connectivity index (χ2v) is 4.96. The van der Waals surface area contributed by atoms with Crippen LogP contribution in [0.2, 0.25) is 10.0 Å². The van der Waals surface area contributed by atoms with E-state index in [2.05, 4.69) is 10.1 Å². The number of carbonyl (C=O) groups excluding carboxylic acids is 2. The molecule has 116 valence electrons. The molecular formula is C13H10Cl2N2O5. The van der Waals surface area contributed by atoms with Crippen molar-refractivity contribution < 1.29 is 18.8 Å². The number of ether oxygens (including phenoxy) is 1. The third-order valence-corrected chi connectivity index (χ3v) is 3.33. The molecule has 9 heteroatoms. The van der Waals surface area contributed by atoms with Crippen LogP contribution in [0.4, 0.5) is 5.69 Å². The standard InChI is InChI=1S/C13H10Cl2N2O5/c1-21-13(20)10-5-12(19)17(22-10)6-11(18)16-7-2-3-8(14)9(15)4-7/h2-5H,6H2,1H3,(H,16,18). The van der Waals surface area contributed by atoms with Gasteiger partial charge in [-0.1, -0.05) is 23.2 Å². The van der Waals surface area contributed by atoms with Gasteiger partial charge in [-0.15, -0.1) is 0 Å². The first-order valence-electron chi connectivity index (χ1n) is 5.95. The van der Waals surface area contributed by atoms with Crippen LogP contribution < -0.4 is 10.9 Å². The Labute approximate surface area is 134 Å². The maximum absolute atomic E-state index is 11.9.